The SMILES string of the molecule is CC(CC1N(c2cccc(Cl)c2)N=C(c2ccccc2)C12CC2)C(=O)OCC(F)(F)F. The molecule has 1 spiro atoms. The number of benzene rings is 2. The maximum atomic E-state index is 12.5. The average molecular weight is 451 g/mol. The zero-order valence-electron chi connectivity index (χ0n) is 16.9. The largest absolute Gasteiger partial charge is 0.456 e. The van der Waals surface area contributed by atoms with E-state index in [0.29, 0.717) is 11.4 Å². The zero-order chi connectivity index (χ0) is 22.2. The molecule has 164 valence electrons. The smallest absolute Gasteiger partial charge is 0.422 e. The maximum absolute atomic E-state index is 12.5. The van der Waals surface area contributed by atoms with Gasteiger partial charge in [0.25, 0.3) is 0 Å². The number of hydrazone groups is 1. The van der Waals surface area contributed by atoms with E-state index in [1.165, 1.54) is 0 Å². The minimum Gasteiger partial charge on any atom is -0.456 e. The fourth-order valence-corrected chi connectivity index (χ4v) is 4.41. The van der Waals surface area contributed by atoms with Gasteiger partial charge in [0.05, 0.1) is 23.4 Å². The number of ether oxygens (including phenoxy) is 1. The van der Waals surface area contributed by atoms with Gasteiger partial charge in [-0.3, -0.25) is 9.80 Å². The van der Waals surface area contributed by atoms with E-state index < -0.39 is 24.7 Å². The minimum absolute atomic E-state index is 0.186. The summed E-state index contributed by atoms with van der Waals surface area (Å²) in [6, 6.07) is 16.9. The molecule has 2 atom stereocenters. The van der Waals surface area contributed by atoms with Crippen molar-refractivity contribution in [2.24, 2.45) is 16.4 Å². The summed E-state index contributed by atoms with van der Waals surface area (Å²) < 4.78 is 41.9. The molecule has 1 aliphatic carbocycles. The highest BCUT2D eigenvalue weighted by Crippen LogP contribution is 2.58. The fraction of sp³-hybridized carbons (Fsp3) is 0.391. The molecule has 2 aromatic rings. The van der Waals surface area contributed by atoms with Crippen molar-refractivity contribution in [3.05, 3.63) is 65.2 Å². The summed E-state index contributed by atoms with van der Waals surface area (Å²) in [6.45, 7) is 0.0290. The van der Waals surface area contributed by atoms with Crippen LogP contribution in [0, 0.1) is 11.3 Å². The summed E-state index contributed by atoms with van der Waals surface area (Å²) in [5, 5.41) is 7.35. The molecular formula is C23H22ClF3N2O2. The van der Waals surface area contributed by atoms with Crippen LogP contribution < -0.4 is 5.01 Å². The van der Waals surface area contributed by atoms with Gasteiger partial charge in [-0.15, -0.1) is 0 Å². The van der Waals surface area contributed by atoms with Crippen LogP contribution >= 0.6 is 11.6 Å². The van der Waals surface area contributed by atoms with E-state index in [1.54, 1.807) is 19.1 Å². The lowest BCUT2D eigenvalue weighted by Crippen LogP contribution is -2.38. The van der Waals surface area contributed by atoms with Gasteiger partial charge in [-0.1, -0.05) is 54.9 Å². The maximum Gasteiger partial charge on any atom is 0.422 e. The van der Waals surface area contributed by atoms with Crippen molar-refractivity contribution in [1.29, 1.82) is 0 Å². The summed E-state index contributed by atoms with van der Waals surface area (Å²) in [7, 11) is 0. The van der Waals surface area contributed by atoms with Gasteiger partial charge in [-0.2, -0.15) is 18.3 Å². The third kappa shape index (κ3) is 4.56. The van der Waals surface area contributed by atoms with E-state index in [9.17, 15) is 18.0 Å². The second kappa shape index (κ2) is 8.19. The Morgan fingerprint density at radius 2 is 1.94 bits per heavy atom. The normalized spacial score (nSPS) is 20.5. The number of nitrogens with zero attached hydrogens (tertiary/aromatic N) is 2. The van der Waals surface area contributed by atoms with Crippen molar-refractivity contribution in [2.45, 2.75) is 38.4 Å². The molecule has 2 unspecified atom stereocenters. The van der Waals surface area contributed by atoms with Crippen LogP contribution in [0.3, 0.4) is 0 Å². The van der Waals surface area contributed by atoms with Gasteiger partial charge in [-0.05, 0) is 43.0 Å². The van der Waals surface area contributed by atoms with Crippen molar-refractivity contribution in [2.75, 3.05) is 11.6 Å². The summed E-state index contributed by atoms with van der Waals surface area (Å²) >= 11 is 6.20. The molecule has 2 aliphatic rings. The predicted octanol–water partition coefficient (Wildman–Crippen LogP) is 5.84. The van der Waals surface area contributed by atoms with Crippen molar-refractivity contribution < 1.29 is 22.7 Å². The van der Waals surface area contributed by atoms with Crippen LogP contribution in [0.15, 0.2) is 59.7 Å². The topological polar surface area (TPSA) is 41.9 Å². The summed E-state index contributed by atoms with van der Waals surface area (Å²) in [5.41, 5.74) is 2.48. The van der Waals surface area contributed by atoms with E-state index in [2.05, 4.69) is 4.74 Å². The first-order chi connectivity index (χ1) is 14.7. The molecule has 0 bridgehead atoms. The van der Waals surface area contributed by atoms with Gasteiger partial charge in [-0.25, -0.2) is 0 Å². The first-order valence-corrected chi connectivity index (χ1v) is 10.5. The molecule has 4 rings (SSSR count). The lowest BCUT2D eigenvalue weighted by molar-refractivity contribution is -0.189. The van der Waals surface area contributed by atoms with Crippen LogP contribution in [0.25, 0.3) is 0 Å². The van der Waals surface area contributed by atoms with Crippen LogP contribution in [-0.2, 0) is 9.53 Å². The molecule has 2 aromatic carbocycles. The molecule has 1 heterocycles. The lowest BCUT2D eigenvalue weighted by Gasteiger charge is -2.30. The molecule has 8 heteroatoms. The van der Waals surface area contributed by atoms with E-state index >= 15 is 0 Å². The molecule has 0 N–H and O–H groups in total. The minimum atomic E-state index is -4.54. The van der Waals surface area contributed by atoms with E-state index in [4.69, 9.17) is 16.7 Å². The van der Waals surface area contributed by atoms with Gasteiger partial charge >= 0.3 is 12.1 Å². The molecule has 1 fully saturated rings. The molecule has 0 amide bonds. The number of hydrogen-bond donors (Lipinski definition) is 0. The summed E-state index contributed by atoms with van der Waals surface area (Å²) in [5.74, 6) is -1.57. The Labute approximate surface area is 183 Å². The summed E-state index contributed by atoms with van der Waals surface area (Å²) in [4.78, 5) is 12.3. The first kappa shape index (κ1) is 21.7. The molecule has 0 radical (unpaired) electrons. The Balaban J connectivity index is 1.63. The quantitative estimate of drug-likeness (QED) is 0.519. The molecule has 1 aliphatic heterocycles. The number of hydrogen-bond acceptors (Lipinski definition) is 4. The Morgan fingerprint density at radius 3 is 2.55 bits per heavy atom. The molecule has 31 heavy (non-hydrogen) atoms. The monoisotopic (exact) mass is 450 g/mol. The lowest BCUT2D eigenvalue weighted by atomic mass is 9.83. The van der Waals surface area contributed by atoms with Crippen molar-refractivity contribution in [3.63, 3.8) is 0 Å². The van der Waals surface area contributed by atoms with Gasteiger partial charge in [0.15, 0.2) is 6.61 Å². The third-order valence-electron chi connectivity index (χ3n) is 5.88. The van der Waals surface area contributed by atoms with Crippen LogP contribution in [0.5, 0.6) is 0 Å². The van der Waals surface area contributed by atoms with E-state index in [-0.39, 0.29) is 11.5 Å². The molecular weight excluding hydrogens is 429 g/mol. The van der Waals surface area contributed by atoms with Crippen LogP contribution in [-0.4, -0.2) is 30.5 Å². The zero-order valence-corrected chi connectivity index (χ0v) is 17.7. The number of carbonyl (C=O) groups excluding carboxylic acids is 1. The van der Waals surface area contributed by atoms with Crippen molar-refractivity contribution in [3.8, 4) is 0 Å². The number of esters is 1. The fourth-order valence-electron chi connectivity index (χ4n) is 4.22. The van der Waals surface area contributed by atoms with E-state index in [0.717, 1.165) is 29.8 Å². The molecule has 1 saturated carbocycles. The Hall–Kier alpha value is -2.54. The van der Waals surface area contributed by atoms with Crippen LogP contribution in [0.2, 0.25) is 5.02 Å². The summed E-state index contributed by atoms with van der Waals surface area (Å²) in [6.07, 6.45) is -2.43. The van der Waals surface area contributed by atoms with E-state index in [1.807, 2.05) is 47.5 Å². The second-order valence-electron chi connectivity index (χ2n) is 8.17. The van der Waals surface area contributed by atoms with Crippen LogP contribution in [0.1, 0.15) is 31.7 Å². The molecule has 4 nitrogen and oxygen atoms in total. The highest BCUT2D eigenvalue weighted by atomic mass is 35.5. The predicted molar refractivity (Wildman–Crippen MR) is 113 cm³/mol. The number of alkyl halides is 3. The van der Waals surface area contributed by atoms with Gasteiger partial charge in [0, 0.05) is 10.4 Å². The standard InChI is InChI=1S/C23H22ClF3N2O2/c1-15(21(30)31-14-23(25,26)27)12-19-22(10-11-22)20(16-6-3-2-4-7-16)28-29(19)18-9-5-8-17(24)13-18/h2-9,13,15,19H,10-12,14H2,1H3. The first-order valence-electron chi connectivity index (χ1n) is 10.1. The Bertz CT molecular complexity index is 990. The highest BCUT2D eigenvalue weighted by molar-refractivity contribution is 6.30. The number of carbonyl (C=O) groups is 1. The Morgan fingerprint density at radius 1 is 1.23 bits per heavy atom. The molecule has 0 aromatic heterocycles. The van der Waals surface area contributed by atoms with Gasteiger partial charge < -0.3 is 4.74 Å². The van der Waals surface area contributed by atoms with Gasteiger partial charge in [0.1, 0.15) is 0 Å². The highest BCUT2D eigenvalue weighted by Gasteiger charge is 2.60. The van der Waals surface area contributed by atoms with Crippen molar-refractivity contribution in [1.82, 2.24) is 0 Å². The third-order valence-corrected chi connectivity index (χ3v) is 6.11. The van der Waals surface area contributed by atoms with Gasteiger partial charge in [0.2, 0.25) is 0 Å². The second-order valence-corrected chi connectivity index (χ2v) is 8.61. The number of anilines is 1. The Kier molecular flexibility index (Phi) is 5.73. The number of rotatable bonds is 6. The molecule has 0 saturated heterocycles. The van der Waals surface area contributed by atoms with Crippen molar-refractivity contribution >= 4 is 29.0 Å². The number of halogens is 4. The average Bonchev–Trinajstić information content (AvgIpc) is 3.46. The van der Waals surface area contributed by atoms with Crippen LogP contribution in [0.4, 0.5) is 18.9 Å².